The van der Waals surface area contributed by atoms with Gasteiger partial charge in [-0.2, -0.15) is 5.26 Å². The monoisotopic (exact) mass is 187 g/mol. The lowest BCUT2D eigenvalue weighted by Gasteiger charge is -2.19. The van der Waals surface area contributed by atoms with Crippen LogP contribution < -0.4 is 5.46 Å². The summed E-state index contributed by atoms with van der Waals surface area (Å²) < 4.78 is 5.36. The molecule has 0 unspecified atom stereocenters. The van der Waals surface area contributed by atoms with Gasteiger partial charge in [-0.05, 0) is 37.0 Å². The van der Waals surface area contributed by atoms with E-state index in [2.05, 4.69) is 0 Å². The van der Waals surface area contributed by atoms with E-state index in [9.17, 15) is 5.02 Å². The maximum Gasteiger partial charge on any atom is 0.492 e. The maximum atomic E-state index is 9.61. The zero-order chi connectivity index (χ0) is 10.3. The van der Waals surface area contributed by atoms with Gasteiger partial charge in [-0.25, -0.2) is 0 Å². The van der Waals surface area contributed by atoms with Crippen LogP contribution in [-0.4, -0.2) is 12.1 Å². The van der Waals surface area contributed by atoms with E-state index in [-0.39, 0.29) is 0 Å². The molecule has 1 aliphatic heterocycles. The van der Waals surface area contributed by atoms with Gasteiger partial charge in [0.2, 0.25) is 0 Å². The van der Waals surface area contributed by atoms with Gasteiger partial charge in [0.05, 0.1) is 17.2 Å². The first-order valence-electron chi connectivity index (χ1n) is 4.45. The van der Waals surface area contributed by atoms with Crippen LogP contribution in [-0.2, 0) is 10.3 Å². The molecular weight excluding hydrogens is 177 g/mol. The second-order valence-electron chi connectivity index (χ2n) is 3.89. The normalized spacial score (nSPS) is 17.7. The van der Waals surface area contributed by atoms with E-state index in [1.54, 1.807) is 12.1 Å². The van der Waals surface area contributed by atoms with Crippen LogP contribution in [0.25, 0.3) is 0 Å². The van der Waals surface area contributed by atoms with Gasteiger partial charge in [-0.15, -0.1) is 0 Å². The Labute approximate surface area is 83.1 Å². The molecule has 2 rings (SSSR count). The maximum absolute atomic E-state index is 9.61. The molecular formula is C10H10BNO2. The number of hydrogen-bond acceptors (Lipinski definition) is 3. The van der Waals surface area contributed by atoms with E-state index in [1.807, 2.05) is 26.0 Å². The fraction of sp³-hybridized carbons (Fsp3) is 0.300. The molecule has 0 radical (unpaired) electrons. The zero-order valence-electron chi connectivity index (χ0n) is 8.11. The Kier molecular flexibility index (Phi) is 1.88. The molecule has 1 aliphatic rings. The zero-order valence-corrected chi connectivity index (χ0v) is 8.11. The van der Waals surface area contributed by atoms with E-state index >= 15 is 0 Å². The van der Waals surface area contributed by atoms with Gasteiger partial charge >= 0.3 is 7.12 Å². The largest absolute Gasteiger partial charge is 0.492 e. The highest BCUT2D eigenvalue weighted by atomic mass is 16.5. The number of hydrogen-bond donors (Lipinski definition) is 1. The molecule has 1 aromatic rings. The van der Waals surface area contributed by atoms with Crippen LogP contribution in [0.5, 0.6) is 0 Å². The lowest BCUT2D eigenvalue weighted by Crippen LogP contribution is -2.28. The fourth-order valence-corrected chi connectivity index (χ4v) is 1.79. The smallest absolute Gasteiger partial charge is 0.423 e. The summed E-state index contributed by atoms with van der Waals surface area (Å²) in [5, 5.41) is 18.3. The van der Waals surface area contributed by atoms with Crippen molar-refractivity contribution in [2.45, 2.75) is 19.4 Å². The molecule has 1 aromatic carbocycles. The van der Waals surface area contributed by atoms with E-state index in [0.717, 1.165) is 5.56 Å². The highest BCUT2D eigenvalue weighted by molar-refractivity contribution is 6.62. The van der Waals surface area contributed by atoms with Crippen LogP contribution in [0.4, 0.5) is 0 Å². The molecule has 0 bridgehead atoms. The average Bonchev–Trinajstić information content (AvgIpc) is 2.37. The molecule has 0 aromatic heterocycles. The number of fused-ring (bicyclic) bond motifs is 1. The van der Waals surface area contributed by atoms with Crippen LogP contribution in [0, 0.1) is 11.3 Å². The third-order valence-electron chi connectivity index (χ3n) is 2.50. The molecule has 0 saturated heterocycles. The van der Waals surface area contributed by atoms with Gasteiger partial charge < -0.3 is 9.68 Å². The second-order valence-corrected chi connectivity index (χ2v) is 3.89. The number of nitrogens with zero attached hydrogens (tertiary/aromatic N) is 1. The lowest BCUT2D eigenvalue weighted by atomic mass is 9.77. The Hall–Kier alpha value is -1.31. The molecule has 3 nitrogen and oxygen atoms in total. The Morgan fingerprint density at radius 3 is 2.86 bits per heavy atom. The minimum atomic E-state index is -0.909. The summed E-state index contributed by atoms with van der Waals surface area (Å²) in [5.74, 6) is 0. The first-order chi connectivity index (χ1) is 6.54. The van der Waals surface area contributed by atoms with E-state index in [4.69, 9.17) is 9.92 Å². The van der Waals surface area contributed by atoms with Crippen molar-refractivity contribution in [3.05, 3.63) is 29.3 Å². The molecule has 0 atom stereocenters. The Morgan fingerprint density at radius 2 is 2.21 bits per heavy atom. The molecule has 1 heterocycles. The van der Waals surface area contributed by atoms with Crippen LogP contribution in [0.2, 0.25) is 0 Å². The van der Waals surface area contributed by atoms with E-state index in [0.29, 0.717) is 11.0 Å². The Bertz CT molecular complexity index is 423. The predicted octanol–water partition coefficient (Wildman–Crippen LogP) is 0.511. The topological polar surface area (TPSA) is 53.2 Å². The van der Waals surface area contributed by atoms with Crippen molar-refractivity contribution in [3.63, 3.8) is 0 Å². The van der Waals surface area contributed by atoms with Gasteiger partial charge in [0.15, 0.2) is 0 Å². The van der Waals surface area contributed by atoms with Crippen molar-refractivity contribution >= 4 is 12.6 Å². The third-order valence-corrected chi connectivity index (χ3v) is 2.50. The van der Waals surface area contributed by atoms with Gasteiger partial charge in [-0.1, -0.05) is 6.07 Å². The van der Waals surface area contributed by atoms with E-state index in [1.165, 1.54) is 0 Å². The van der Waals surface area contributed by atoms with Crippen molar-refractivity contribution in [1.29, 1.82) is 5.26 Å². The Balaban J connectivity index is 2.59. The fourth-order valence-electron chi connectivity index (χ4n) is 1.79. The standard InChI is InChI=1S/C10H10BNO2/c1-10(2)8-4-3-7(6-12)5-9(8)11(13)14-10/h3-5,13H,1-2H3. The lowest BCUT2D eigenvalue weighted by molar-refractivity contribution is 0.101. The second kappa shape index (κ2) is 2.84. The molecule has 1 N–H and O–H groups in total. The number of benzene rings is 1. The van der Waals surface area contributed by atoms with Crippen LogP contribution in [0.1, 0.15) is 25.0 Å². The van der Waals surface area contributed by atoms with Gasteiger partial charge in [0, 0.05) is 0 Å². The SMILES string of the molecule is CC1(C)OB(O)c2cc(C#N)ccc21. The molecule has 70 valence electrons. The number of nitriles is 1. The highest BCUT2D eigenvalue weighted by Crippen LogP contribution is 2.29. The van der Waals surface area contributed by atoms with Crippen molar-refractivity contribution < 1.29 is 9.68 Å². The summed E-state index contributed by atoms with van der Waals surface area (Å²) in [7, 11) is -0.909. The molecule has 0 spiro atoms. The summed E-state index contributed by atoms with van der Waals surface area (Å²) >= 11 is 0. The average molecular weight is 187 g/mol. The van der Waals surface area contributed by atoms with Crippen molar-refractivity contribution in [3.8, 4) is 6.07 Å². The first kappa shape index (κ1) is 9.26. The van der Waals surface area contributed by atoms with Crippen LogP contribution >= 0.6 is 0 Å². The Morgan fingerprint density at radius 1 is 1.50 bits per heavy atom. The van der Waals surface area contributed by atoms with Crippen molar-refractivity contribution in [1.82, 2.24) is 0 Å². The van der Waals surface area contributed by atoms with E-state index < -0.39 is 12.7 Å². The summed E-state index contributed by atoms with van der Waals surface area (Å²) in [5.41, 5.74) is 1.73. The first-order valence-corrected chi connectivity index (χ1v) is 4.45. The third kappa shape index (κ3) is 1.22. The molecule has 0 amide bonds. The summed E-state index contributed by atoms with van der Waals surface area (Å²) in [4.78, 5) is 0. The van der Waals surface area contributed by atoms with Gasteiger partial charge in [0.1, 0.15) is 0 Å². The van der Waals surface area contributed by atoms with Crippen molar-refractivity contribution in [2.75, 3.05) is 0 Å². The summed E-state index contributed by atoms with van der Waals surface area (Å²) in [6.07, 6.45) is 0. The van der Waals surface area contributed by atoms with Crippen LogP contribution in [0.15, 0.2) is 18.2 Å². The molecule has 0 aliphatic carbocycles. The summed E-state index contributed by atoms with van der Waals surface area (Å²) in [6, 6.07) is 7.29. The molecule has 4 heteroatoms. The quantitative estimate of drug-likeness (QED) is 0.602. The van der Waals surface area contributed by atoms with Crippen LogP contribution in [0.3, 0.4) is 0 Å². The highest BCUT2D eigenvalue weighted by Gasteiger charge is 2.40. The van der Waals surface area contributed by atoms with Crippen molar-refractivity contribution in [2.24, 2.45) is 0 Å². The molecule has 0 fully saturated rings. The predicted molar refractivity (Wildman–Crippen MR) is 52.9 cm³/mol. The molecule has 0 saturated carbocycles. The molecule has 14 heavy (non-hydrogen) atoms. The minimum absolute atomic E-state index is 0.470. The minimum Gasteiger partial charge on any atom is -0.423 e. The van der Waals surface area contributed by atoms with Gasteiger partial charge in [-0.3, -0.25) is 0 Å². The number of rotatable bonds is 0. The van der Waals surface area contributed by atoms with Gasteiger partial charge in [0.25, 0.3) is 0 Å². The summed E-state index contributed by atoms with van der Waals surface area (Å²) in [6.45, 7) is 3.79.